The van der Waals surface area contributed by atoms with Crippen LogP contribution in [0, 0.1) is 15.5 Å². The van der Waals surface area contributed by atoms with E-state index >= 15 is 0 Å². The van der Waals surface area contributed by atoms with E-state index in [1.807, 2.05) is 12.1 Å². The van der Waals surface area contributed by atoms with Crippen molar-refractivity contribution in [1.29, 1.82) is 0 Å². The molecule has 5 aliphatic heterocycles. The zero-order valence-electron chi connectivity index (χ0n) is 41.0. The van der Waals surface area contributed by atoms with E-state index in [1.165, 1.54) is 30.0 Å². The van der Waals surface area contributed by atoms with Gasteiger partial charge in [0, 0.05) is 105 Å². The number of hydrogen-bond donors (Lipinski definition) is 3. The van der Waals surface area contributed by atoms with Crippen LogP contribution in [0.4, 0.5) is 17.1 Å². The van der Waals surface area contributed by atoms with Crippen molar-refractivity contribution < 1.29 is 32.3 Å². The number of piperidine rings is 1. The lowest BCUT2D eigenvalue weighted by molar-refractivity contribution is -0.384. The normalized spacial score (nSPS) is 23.9. The smallest absolute Gasteiger partial charge is 0.297 e. The Labute approximate surface area is 415 Å². The number of H-pyrrole nitrogens is 1. The molecule has 1 unspecified atom stereocenters. The van der Waals surface area contributed by atoms with Crippen molar-refractivity contribution in [3.63, 3.8) is 0 Å². The molecule has 71 heavy (non-hydrogen) atoms. The van der Waals surface area contributed by atoms with Gasteiger partial charge in [-0.2, -0.15) is 0 Å². The van der Waals surface area contributed by atoms with Gasteiger partial charge in [0.15, 0.2) is 11.4 Å². The Morgan fingerprint density at radius 3 is 2.55 bits per heavy atom. The largest absolute Gasteiger partial charge is 0.489 e. The van der Waals surface area contributed by atoms with Gasteiger partial charge in [-0.15, -0.1) is 0 Å². The number of carbonyl (C=O) groups is 1. The Morgan fingerprint density at radius 1 is 0.986 bits per heavy atom. The first kappa shape index (κ1) is 47.5. The maximum Gasteiger partial charge on any atom is 0.297 e. The number of aromatic nitrogens is 2. The molecule has 3 aromatic carbocycles. The Kier molecular flexibility index (Phi) is 12.7. The topological polar surface area (TPSA) is 188 Å². The van der Waals surface area contributed by atoms with Gasteiger partial charge in [-0.1, -0.05) is 38.1 Å². The molecule has 0 radical (unpaired) electrons. The fourth-order valence-electron chi connectivity index (χ4n) is 12.4. The molecule has 1 aliphatic carbocycles. The molecule has 1 saturated carbocycles. The highest BCUT2D eigenvalue weighted by molar-refractivity contribution is 7.90. The number of anilines is 2. The highest BCUT2D eigenvalue weighted by atomic mass is 32.2. The number of likely N-dealkylation sites (tertiary alicyclic amines) is 1. The third kappa shape index (κ3) is 9.44. The molecule has 376 valence electrons. The van der Waals surface area contributed by atoms with Crippen LogP contribution >= 0.6 is 0 Å². The van der Waals surface area contributed by atoms with Crippen molar-refractivity contribution in [2.45, 2.75) is 113 Å². The van der Waals surface area contributed by atoms with Gasteiger partial charge in [0.1, 0.15) is 23.8 Å². The predicted octanol–water partition coefficient (Wildman–Crippen LogP) is 8.06. The molecule has 4 saturated heterocycles. The quantitative estimate of drug-likeness (QED) is 0.0759. The lowest BCUT2D eigenvalue weighted by atomic mass is 9.59. The van der Waals surface area contributed by atoms with Gasteiger partial charge >= 0.3 is 0 Å². The van der Waals surface area contributed by atoms with Crippen LogP contribution in [0.25, 0.3) is 11.0 Å². The fraction of sp³-hybridized carbons (Fsp3) is 0.509. The Morgan fingerprint density at radius 2 is 1.80 bits per heavy atom. The molecule has 5 aromatic rings. The maximum absolute atomic E-state index is 14.2. The standard InChI is InChI=1S/C53H65N9O8S/c1-33(2)43-7-5-6-8-44(43)46-12-16-58(34(3)4)19-20-61(46)39-26-53(27-39)13-17-59(18-14-53)37-9-10-45(48(23-37)70-40-21-35-11-15-54-51(35)55-28-40)52(63)57-71(66,67)42-24-47(62(64)65)50-49(25-42)69-31-36(56-50)29-60-30-41-22-38(60)32-68-41/h5-11,15,21,23-25,28,33-34,36,38-39,41,46,56H,12-14,16-20,22,26-27,29-32H2,1-4H3,(H,54,55)(H,57,63)/t36-,38-,41-,46?/m0/s1. The summed E-state index contributed by atoms with van der Waals surface area (Å²) < 4.78 is 48.4. The molecular formula is C53H65N9O8S. The molecule has 2 bridgehead atoms. The number of nitrogens with zero attached hydrogens (tertiary/aromatic N) is 6. The first-order chi connectivity index (χ1) is 34.2. The number of rotatable bonds is 13. The minimum absolute atomic E-state index is 0.0211. The molecular weight excluding hydrogens is 923 g/mol. The molecule has 1 spiro atoms. The van der Waals surface area contributed by atoms with Crippen LogP contribution in [0.1, 0.15) is 99.7 Å². The minimum atomic E-state index is -4.66. The van der Waals surface area contributed by atoms with E-state index in [0.29, 0.717) is 54.6 Å². The highest BCUT2D eigenvalue weighted by Gasteiger charge is 2.50. The number of nitrogens with one attached hydrogen (secondary N) is 3. The van der Waals surface area contributed by atoms with Crippen molar-refractivity contribution in [3.8, 4) is 17.2 Å². The summed E-state index contributed by atoms with van der Waals surface area (Å²) in [5.74, 6) is 0.0347. The molecule has 6 aliphatic rings. The predicted molar refractivity (Wildman–Crippen MR) is 271 cm³/mol. The zero-order valence-corrected chi connectivity index (χ0v) is 41.8. The number of aromatic amines is 1. The summed E-state index contributed by atoms with van der Waals surface area (Å²) in [6, 6.07) is 21.6. The minimum Gasteiger partial charge on any atom is -0.489 e. The van der Waals surface area contributed by atoms with E-state index in [-0.39, 0.29) is 46.9 Å². The fourth-order valence-corrected chi connectivity index (χ4v) is 13.4. The van der Waals surface area contributed by atoms with Crippen LogP contribution < -0.4 is 24.4 Å². The maximum atomic E-state index is 14.2. The van der Waals surface area contributed by atoms with E-state index < -0.39 is 31.4 Å². The summed E-state index contributed by atoms with van der Waals surface area (Å²) >= 11 is 0. The van der Waals surface area contributed by atoms with Gasteiger partial charge in [0.25, 0.3) is 21.6 Å². The second-order valence-electron chi connectivity index (χ2n) is 21.3. The summed E-state index contributed by atoms with van der Waals surface area (Å²) in [5, 5.41) is 16.5. The molecule has 3 N–H and O–H groups in total. The lowest BCUT2D eigenvalue weighted by Crippen LogP contribution is -2.56. The van der Waals surface area contributed by atoms with Crippen LogP contribution in [-0.2, 0) is 14.8 Å². The molecule has 7 heterocycles. The number of hydrogen-bond acceptors (Lipinski definition) is 14. The van der Waals surface area contributed by atoms with E-state index in [9.17, 15) is 23.3 Å². The van der Waals surface area contributed by atoms with E-state index in [0.717, 1.165) is 82.1 Å². The number of fused-ring (bicyclic) bond motifs is 4. The first-order valence-electron chi connectivity index (χ1n) is 25.4. The van der Waals surface area contributed by atoms with Crippen molar-refractivity contribution in [2.24, 2.45) is 5.41 Å². The number of nitro benzene ring substituents is 1. The number of pyridine rings is 1. The Bertz CT molecular complexity index is 2930. The lowest BCUT2D eigenvalue weighted by Gasteiger charge is -2.57. The summed E-state index contributed by atoms with van der Waals surface area (Å²) in [7, 11) is -4.66. The molecule has 1 amide bonds. The summed E-state index contributed by atoms with van der Waals surface area (Å²) in [6.07, 6.45) is 10.0. The van der Waals surface area contributed by atoms with Gasteiger partial charge in [0.05, 0.1) is 40.3 Å². The Balaban J connectivity index is 0.802. The van der Waals surface area contributed by atoms with Gasteiger partial charge in [0.2, 0.25) is 0 Å². The van der Waals surface area contributed by atoms with E-state index in [1.54, 1.807) is 30.6 Å². The zero-order chi connectivity index (χ0) is 49.2. The second kappa shape index (κ2) is 19.0. The third-order valence-corrected chi connectivity index (χ3v) is 17.6. The van der Waals surface area contributed by atoms with E-state index in [2.05, 4.69) is 91.6 Å². The summed E-state index contributed by atoms with van der Waals surface area (Å²) in [4.78, 5) is 43.2. The molecule has 17 nitrogen and oxygen atoms in total. The van der Waals surface area contributed by atoms with Crippen LogP contribution in [0.2, 0.25) is 0 Å². The second-order valence-corrected chi connectivity index (χ2v) is 23.0. The van der Waals surface area contributed by atoms with Crippen molar-refractivity contribution in [1.82, 2.24) is 29.4 Å². The molecule has 4 atom stereocenters. The summed E-state index contributed by atoms with van der Waals surface area (Å²) in [5.41, 5.74) is 4.33. The highest BCUT2D eigenvalue weighted by Crippen LogP contribution is 2.54. The van der Waals surface area contributed by atoms with Gasteiger partial charge in [-0.05, 0) is 99.1 Å². The van der Waals surface area contributed by atoms with Crippen LogP contribution in [0.15, 0.2) is 84.0 Å². The number of amides is 1. The number of morpholine rings is 1. The average molecular weight is 988 g/mol. The van der Waals surface area contributed by atoms with Crippen LogP contribution in [-0.4, -0.2) is 133 Å². The van der Waals surface area contributed by atoms with Crippen molar-refractivity contribution in [3.05, 3.63) is 106 Å². The van der Waals surface area contributed by atoms with Crippen LogP contribution in [0.5, 0.6) is 17.2 Å². The number of sulfonamides is 1. The van der Waals surface area contributed by atoms with Crippen LogP contribution in [0.3, 0.4) is 0 Å². The number of benzene rings is 3. The monoisotopic (exact) mass is 987 g/mol. The third-order valence-electron chi connectivity index (χ3n) is 16.3. The van der Waals surface area contributed by atoms with E-state index in [4.69, 9.17) is 14.2 Å². The number of carbonyl (C=O) groups excluding carboxylic acids is 1. The van der Waals surface area contributed by atoms with Gasteiger partial charge < -0.3 is 29.4 Å². The SMILES string of the molecule is CC(C)c1ccccc1C1CCN(C(C)C)CCN1C1CC2(CCN(c3ccc(C(=O)NS(=O)(=O)c4cc5c(c([N+](=O)[O-])c4)N[C@@H](CN4C[C@@H]6C[C@H]4CO6)CO5)c(Oc4cnc5[nH]ccc5c4)c3)CC2)C1. The molecule has 18 heteroatoms. The van der Waals surface area contributed by atoms with Crippen molar-refractivity contribution >= 4 is 44.0 Å². The van der Waals surface area contributed by atoms with Crippen molar-refractivity contribution in [2.75, 3.05) is 69.2 Å². The first-order valence-corrected chi connectivity index (χ1v) is 26.9. The number of ether oxygens (including phenoxy) is 3. The molecule has 2 aromatic heterocycles. The van der Waals surface area contributed by atoms with Gasteiger partial charge in [-0.3, -0.25) is 29.6 Å². The molecule has 5 fully saturated rings. The molecule has 11 rings (SSSR count). The van der Waals surface area contributed by atoms with Gasteiger partial charge in [-0.25, -0.2) is 18.1 Å². The summed E-state index contributed by atoms with van der Waals surface area (Å²) in [6.45, 7) is 16.3. The number of nitro groups is 1. The average Bonchev–Trinajstić information content (AvgIpc) is 4.07. The Hall–Kier alpha value is -5.79.